The van der Waals surface area contributed by atoms with Crippen molar-refractivity contribution in [3.05, 3.63) is 16.4 Å². The number of hydrogen-bond donors (Lipinski definition) is 1. The maximum atomic E-state index is 11.9. The van der Waals surface area contributed by atoms with Crippen LogP contribution < -0.4 is 0 Å². The van der Waals surface area contributed by atoms with Gasteiger partial charge in [-0.3, -0.25) is 4.68 Å². The lowest BCUT2D eigenvalue weighted by molar-refractivity contribution is -0.175. The number of ether oxygens (including phenoxy) is 1. The normalized spacial score (nSPS) is 13.8. The Bertz CT molecular complexity index is 435. The summed E-state index contributed by atoms with van der Waals surface area (Å²) in [6.45, 7) is 2.81. The molecule has 1 rings (SSSR count). The lowest BCUT2D eigenvalue weighted by atomic mass is 10.1. The molecule has 0 amide bonds. The van der Waals surface area contributed by atoms with Gasteiger partial charge in [-0.05, 0) is 20.3 Å². The predicted octanol–water partition coefficient (Wildman–Crippen LogP) is 2.74. The van der Waals surface area contributed by atoms with E-state index in [1.54, 1.807) is 11.6 Å². The van der Waals surface area contributed by atoms with Crippen LogP contribution in [-0.2, 0) is 17.7 Å². The molecule has 0 spiro atoms. The summed E-state index contributed by atoms with van der Waals surface area (Å²) < 4.78 is 41.7. The largest absolute Gasteiger partial charge is 0.411 e. The van der Waals surface area contributed by atoms with E-state index in [1.165, 1.54) is 0 Å². The van der Waals surface area contributed by atoms with Gasteiger partial charge in [-0.15, -0.1) is 0 Å². The van der Waals surface area contributed by atoms with Crippen molar-refractivity contribution < 1.29 is 23.0 Å². The van der Waals surface area contributed by atoms with Crippen LogP contribution in [0.2, 0.25) is 5.02 Å². The summed E-state index contributed by atoms with van der Waals surface area (Å²) in [7, 11) is 0. The average molecular weight is 315 g/mol. The first kappa shape index (κ1) is 17.3. The number of aryl methyl sites for hydroxylation is 2. The molecule has 1 aromatic rings. The van der Waals surface area contributed by atoms with E-state index in [4.69, 9.17) is 11.6 Å². The van der Waals surface area contributed by atoms with Crippen LogP contribution in [0.4, 0.5) is 13.2 Å². The van der Waals surface area contributed by atoms with E-state index >= 15 is 0 Å². The fourth-order valence-corrected chi connectivity index (χ4v) is 2.01. The Labute approximate surface area is 120 Å². The highest BCUT2D eigenvalue weighted by atomic mass is 35.5. The average Bonchev–Trinajstić information content (AvgIpc) is 2.61. The highest BCUT2D eigenvalue weighted by Gasteiger charge is 2.27. The lowest BCUT2D eigenvalue weighted by Crippen LogP contribution is -2.21. The SMILES string of the molecule is CCn1nc(C)c(Cl)c1CC(O)CCOCC(F)(F)F. The number of alkyl halides is 3. The second-order valence-electron chi connectivity index (χ2n) is 4.48. The zero-order valence-corrected chi connectivity index (χ0v) is 12.1. The summed E-state index contributed by atoms with van der Waals surface area (Å²) in [5, 5.41) is 14.5. The van der Waals surface area contributed by atoms with Gasteiger partial charge in [0.05, 0.1) is 22.5 Å². The first-order valence-electron chi connectivity index (χ1n) is 6.29. The Hall–Kier alpha value is -0.790. The van der Waals surface area contributed by atoms with Gasteiger partial charge in [-0.25, -0.2) is 0 Å². The highest BCUT2D eigenvalue weighted by Crippen LogP contribution is 2.22. The number of aliphatic hydroxyl groups excluding tert-OH is 1. The molecule has 0 aliphatic carbocycles. The van der Waals surface area contributed by atoms with Gasteiger partial charge < -0.3 is 9.84 Å². The summed E-state index contributed by atoms with van der Waals surface area (Å²) in [5.74, 6) is 0. The monoisotopic (exact) mass is 314 g/mol. The lowest BCUT2D eigenvalue weighted by Gasteiger charge is -2.13. The summed E-state index contributed by atoms with van der Waals surface area (Å²) in [6.07, 6.45) is -4.81. The number of rotatable bonds is 7. The van der Waals surface area contributed by atoms with Crippen molar-refractivity contribution in [1.29, 1.82) is 0 Å². The van der Waals surface area contributed by atoms with Gasteiger partial charge in [0, 0.05) is 19.6 Å². The smallest absolute Gasteiger partial charge is 0.393 e. The molecule has 0 bridgehead atoms. The minimum Gasteiger partial charge on any atom is -0.393 e. The van der Waals surface area contributed by atoms with Gasteiger partial charge in [0.25, 0.3) is 0 Å². The Morgan fingerprint density at radius 3 is 2.65 bits per heavy atom. The van der Waals surface area contributed by atoms with E-state index in [0.717, 1.165) is 0 Å². The van der Waals surface area contributed by atoms with E-state index in [9.17, 15) is 18.3 Å². The van der Waals surface area contributed by atoms with E-state index < -0.39 is 18.9 Å². The first-order valence-corrected chi connectivity index (χ1v) is 6.66. The molecule has 0 radical (unpaired) electrons. The van der Waals surface area contributed by atoms with E-state index in [1.807, 2.05) is 6.92 Å². The summed E-state index contributed by atoms with van der Waals surface area (Å²) in [6, 6.07) is 0. The molecule has 0 aliphatic heterocycles. The minimum absolute atomic E-state index is 0.111. The van der Waals surface area contributed by atoms with Crippen molar-refractivity contribution in [2.24, 2.45) is 0 Å². The Morgan fingerprint density at radius 2 is 2.10 bits per heavy atom. The molecule has 1 heterocycles. The molecule has 0 saturated heterocycles. The van der Waals surface area contributed by atoms with Crippen LogP contribution in [0.5, 0.6) is 0 Å². The topological polar surface area (TPSA) is 47.3 Å². The molecule has 0 saturated carbocycles. The van der Waals surface area contributed by atoms with Crippen LogP contribution in [0, 0.1) is 6.92 Å². The number of aromatic nitrogens is 2. The minimum atomic E-state index is -4.34. The van der Waals surface area contributed by atoms with E-state index in [2.05, 4.69) is 9.84 Å². The van der Waals surface area contributed by atoms with Crippen molar-refractivity contribution in [3.8, 4) is 0 Å². The second kappa shape index (κ2) is 7.28. The molecule has 20 heavy (non-hydrogen) atoms. The zero-order chi connectivity index (χ0) is 15.3. The number of aliphatic hydroxyl groups is 1. The van der Waals surface area contributed by atoms with Crippen molar-refractivity contribution in [1.82, 2.24) is 9.78 Å². The molecule has 1 atom stereocenters. The third-order valence-corrected chi connectivity index (χ3v) is 3.23. The molecule has 0 aromatic carbocycles. The Morgan fingerprint density at radius 1 is 1.45 bits per heavy atom. The number of hydrogen-bond acceptors (Lipinski definition) is 3. The fourth-order valence-electron chi connectivity index (χ4n) is 1.80. The molecule has 8 heteroatoms. The zero-order valence-electron chi connectivity index (χ0n) is 11.4. The van der Waals surface area contributed by atoms with Crippen molar-refractivity contribution in [2.75, 3.05) is 13.2 Å². The summed E-state index contributed by atoms with van der Waals surface area (Å²) in [4.78, 5) is 0. The van der Waals surface area contributed by atoms with Gasteiger partial charge in [0.1, 0.15) is 6.61 Å². The fraction of sp³-hybridized carbons (Fsp3) is 0.750. The predicted molar refractivity (Wildman–Crippen MR) is 68.8 cm³/mol. The Balaban J connectivity index is 2.45. The number of nitrogens with zero attached hydrogens (tertiary/aromatic N) is 2. The van der Waals surface area contributed by atoms with Gasteiger partial charge in [0.15, 0.2) is 0 Å². The molecule has 1 unspecified atom stereocenters. The van der Waals surface area contributed by atoms with Gasteiger partial charge in [-0.2, -0.15) is 18.3 Å². The van der Waals surface area contributed by atoms with Crippen molar-refractivity contribution >= 4 is 11.6 Å². The Kier molecular flexibility index (Phi) is 6.29. The molecule has 0 aliphatic rings. The third kappa shape index (κ3) is 5.30. The molecular formula is C12H18ClF3N2O2. The van der Waals surface area contributed by atoms with Crippen LogP contribution in [-0.4, -0.2) is 40.4 Å². The second-order valence-corrected chi connectivity index (χ2v) is 4.85. The van der Waals surface area contributed by atoms with E-state index in [-0.39, 0.29) is 19.4 Å². The van der Waals surface area contributed by atoms with Crippen LogP contribution >= 0.6 is 11.6 Å². The standard InChI is InChI=1S/C12H18ClF3N2O2/c1-3-18-10(11(13)8(2)17-18)6-9(19)4-5-20-7-12(14,15)16/h9,19H,3-7H2,1-2H3. The van der Waals surface area contributed by atoms with Gasteiger partial charge in [-0.1, -0.05) is 11.6 Å². The van der Waals surface area contributed by atoms with Crippen LogP contribution in [0.25, 0.3) is 0 Å². The van der Waals surface area contributed by atoms with Crippen LogP contribution in [0.15, 0.2) is 0 Å². The first-order chi connectivity index (χ1) is 9.24. The van der Waals surface area contributed by atoms with E-state index in [0.29, 0.717) is 23.0 Å². The highest BCUT2D eigenvalue weighted by molar-refractivity contribution is 6.31. The molecule has 0 fully saturated rings. The number of halogens is 4. The van der Waals surface area contributed by atoms with Gasteiger partial charge in [0.2, 0.25) is 0 Å². The maximum absolute atomic E-state index is 11.9. The quantitative estimate of drug-likeness (QED) is 0.787. The van der Waals surface area contributed by atoms with Crippen molar-refractivity contribution in [2.45, 2.75) is 45.5 Å². The third-order valence-electron chi connectivity index (χ3n) is 2.74. The molecule has 1 N–H and O–H groups in total. The molecule has 116 valence electrons. The summed E-state index contributed by atoms with van der Waals surface area (Å²) >= 11 is 6.08. The van der Waals surface area contributed by atoms with Crippen LogP contribution in [0.1, 0.15) is 24.7 Å². The molecule has 1 aromatic heterocycles. The van der Waals surface area contributed by atoms with Crippen LogP contribution in [0.3, 0.4) is 0 Å². The molecule has 4 nitrogen and oxygen atoms in total. The summed E-state index contributed by atoms with van der Waals surface area (Å²) in [5.41, 5.74) is 1.36. The molecular weight excluding hydrogens is 297 g/mol. The maximum Gasteiger partial charge on any atom is 0.411 e. The van der Waals surface area contributed by atoms with Gasteiger partial charge >= 0.3 is 6.18 Å². The van der Waals surface area contributed by atoms with Crippen molar-refractivity contribution in [3.63, 3.8) is 0 Å².